The lowest BCUT2D eigenvalue weighted by Gasteiger charge is -2.13. The van der Waals surface area contributed by atoms with Gasteiger partial charge in [0, 0.05) is 43.1 Å². The zero-order valence-corrected chi connectivity index (χ0v) is 18.4. The summed E-state index contributed by atoms with van der Waals surface area (Å²) in [5, 5.41) is 12.1. The van der Waals surface area contributed by atoms with Crippen LogP contribution in [-0.4, -0.2) is 46.3 Å². The van der Waals surface area contributed by atoms with Crippen LogP contribution in [0.4, 0.5) is 11.4 Å². The third kappa shape index (κ3) is 5.07. The van der Waals surface area contributed by atoms with Gasteiger partial charge in [0.25, 0.3) is 0 Å². The number of carbonyl (C=O) groups is 2. The van der Waals surface area contributed by atoms with Gasteiger partial charge in [0.2, 0.25) is 5.91 Å². The minimum absolute atomic E-state index is 0.0392. The molecule has 2 aromatic carbocycles. The van der Waals surface area contributed by atoms with E-state index in [0.717, 1.165) is 17.1 Å². The van der Waals surface area contributed by atoms with Crippen molar-refractivity contribution < 1.29 is 9.59 Å². The van der Waals surface area contributed by atoms with Gasteiger partial charge in [-0.25, -0.2) is 0 Å². The number of hydrogen-bond donors (Lipinski definition) is 1. The lowest BCUT2D eigenvalue weighted by atomic mass is 10.1. The number of amides is 1. The van der Waals surface area contributed by atoms with Crippen molar-refractivity contribution >= 4 is 34.8 Å². The predicted octanol–water partition coefficient (Wildman–Crippen LogP) is 3.96. The Labute approximate surface area is 180 Å². The predicted molar refractivity (Wildman–Crippen MR) is 121 cm³/mol. The molecule has 0 spiro atoms. The molecule has 0 fully saturated rings. The van der Waals surface area contributed by atoms with Crippen LogP contribution in [0.15, 0.2) is 53.7 Å². The summed E-state index contributed by atoms with van der Waals surface area (Å²) in [6.45, 7) is 4.22. The van der Waals surface area contributed by atoms with Crippen molar-refractivity contribution in [2.24, 2.45) is 0 Å². The first-order valence-electron chi connectivity index (χ1n) is 9.63. The molecule has 3 aromatic rings. The van der Waals surface area contributed by atoms with Gasteiger partial charge in [-0.2, -0.15) is 0 Å². The zero-order valence-electron chi connectivity index (χ0n) is 17.5. The van der Waals surface area contributed by atoms with Crippen LogP contribution in [0.5, 0.6) is 0 Å². The molecule has 30 heavy (non-hydrogen) atoms. The maximum absolute atomic E-state index is 12.4. The molecule has 156 valence electrons. The molecule has 1 aromatic heterocycles. The van der Waals surface area contributed by atoms with Crippen molar-refractivity contribution in [1.82, 2.24) is 14.8 Å². The van der Waals surface area contributed by atoms with E-state index in [2.05, 4.69) is 15.5 Å². The summed E-state index contributed by atoms with van der Waals surface area (Å²) in [6, 6.07) is 15.0. The van der Waals surface area contributed by atoms with Crippen LogP contribution in [0.3, 0.4) is 0 Å². The van der Waals surface area contributed by atoms with Crippen molar-refractivity contribution in [3.8, 4) is 11.4 Å². The first-order valence-corrected chi connectivity index (χ1v) is 10.6. The molecule has 0 atom stereocenters. The van der Waals surface area contributed by atoms with Gasteiger partial charge < -0.3 is 14.8 Å². The second-order valence-corrected chi connectivity index (χ2v) is 7.91. The molecule has 0 unspecified atom stereocenters. The molecule has 7 nitrogen and oxygen atoms in total. The number of thioether (sulfide) groups is 1. The van der Waals surface area contributed by atoms with Crippen molar-refractivity contribution in [3.63, 3.8) is 0 Å². The summed E-state index contributed by atoms with van der Waals surface area (Å²) < 4.78 is 2.00. The Morgan fingerprint density at radius 1 is 1.10 bits per heavy atom. The van der Waals surface area contributed by atoms with E-state index < -0.39 is 0 Å². The third-order valence-electron chi connectivity index (χ3n) is 4.56. The standard InChI is InChI=1S/C22H25N5O2S/c1-5-27-21(16-9-11-19(12-10-16)26(3)4)24-25-22(27)30-14-20(29)23-18-8-6-7-17(13-18)15(2)28/h6-13H,5,14H2,1-4H3,(H,23,29). The highest BCUT2D eigenvalue weighted by atomic mass is 32.2. The topological polar surface area (TPSA) is 80.1 Å². The lowest BCUT2D eigenvalue weighted by Crippen LogP contribution is -2.15. The van der Waals surface area contributed by atoms with Crippen molar-refractivity contribution in [2.75, 3.05) is 30.1 Å². The van der Waals surface area contributed by atoms with Gasteiger partial charge in [-0.15, -0.1) is 10.2 Å². The Balaban J connectivity index is 1.68. The van der Waals surface area contributed by atoms with Crippen LogP contribution in [0.1, 0.15) is 24.2 Å². The van der Waals surface area contributed by atoms with Crippen LogP contribution in [0.25, 0.3) is 11.4 Å². The maximum atomic E-state index is 12.4. The average Bonchev–Trinajstić information content (AvgIpc) is 3.15. The largest absolute Gasteiger partial charge is 0.378 e. The Morgan fingerprint density at radius 2 is 1.83 bits per heavy atom. The molecule has 0 saturated carbocycles. The number of rotatable bonds is 8. The van der Waals surface area contributed by atoms with Gasteiger partial charge in [0.1, 0.15) is 0 Å². The monoisotopic (exact) mass is 423 g/mol. The maximum Gasteiger partial charge on any atom is 0.234 e. The van der Waals surface area contributed by atoms with Crippen molar-refractivity contribution in [3.05, 3.63) is 54.1 Å². The smallest absolute Gasteiger partial charge is 0.234 e. The summed E-state index contributed by atoms with van der Waals surface area (Å²) in [5.41, 5.74) is 3.26. The molecular formula is C22H25N5O2S. The Morgan fingerprint density at radius 3 is 2.47 bits per heavy atom. The van der Waals surface area contributed by atoms with Gasteiger partial charge in [-0.1, -0.05) is 23.9 Å². The number of nitrogens with zero attached hydrogens (tertiary/aromatic N) is 4. The molecule has 8 heteroatoms. The minimum atomic E-state index is -0.164. The molecule has 1 N–H and O–H groups in total. The molecule has 0 aliphatic rings. The molecule has 0 bridgehead atoms. The summed E-state index contributed by atoms with van der Waals surface area (Å²) >= 11 is 1.34. The van der Waals surface area contributed by atoms with E-state index in [9.17, 15) is 9.59 Å². The van der Waals surface area contributed by atoms with E-state index in [-0.39, 0.29) is 17.4 Å². The summed E-state index contributed by atoms with van der Waals surface area (Å²) in [7, 11) is 4.00. The van der Waals surface area contributed by atoms with E-state index in [0.29, 0.717) is 23.0 Å². The summed E-state index contributed by atoms with van der Waals surface area (Å²) in [6.07, 6.45) is 0. The van der Waals surface area contributed by atoms with Crippen molar-refractivity contribution in [2.45, 2.75) is 25.5 Å². The normalized spacial score (nSPS) is 10.7. The number of Topliss-reactive ketones (excluding diaryl/α,β-unsaturated/α-hetero) is 1. The van der Waals surface area contributed by atoms with Gasteiger partial charge in [-0.05, 0) is 50.2 Å². The van der Waals surface area contributed by atoms with Crippen LogP contribution in [0, 0.1) is 0 Å². The molecule has 3 rings (SSSR count). The second kappa shape index (κ2) is 9.58. The Bertz CT molecular complexity index is 1040. The van der Waals surface area contributed by atoms with Crippen LogP contribution < -0.4 is 10.2 Å². The van der Waals surface area contributed by atoms with Crippen LogP contribution in [0.2, 0.25) is 0 Å². The molecular weight excluding hydrogens is 398 g/mol. The summed E-state index contributed by atoms with van der Waals surface area (Å²) in [5.74, 6) is 0.771. The van der Waals surface area contributed by atoms with E-state index in [1.807, 2.05) is 54.8 Å². The first-order chi connectivity index (χ1) is 14.4. The first kappa shape index (κ1) is 21.6. The quantitative estimate of drug-likeness (QED) is 0.436. The highest BCUT2D eigenvalue weighted by molar-refractivity contribution is 7.99. The zero-order chi connectivity index (χ0) is 21.7. The van der Waals surface area contributed by atoms with Gasteiger partial charge in [0.05, 0.1) is 5.75 Å². The molecule has 0 aliphatic heterocycles. The Hall–Kier alpha value is -3.13. The number of carbonyl (C=O) groups excluding carboxylic acids is 2. The number of nitrogens with one attached hydrogen (secondary N) is 1. The molecule has 1 heterocycles. The summed E-state index contributed by atoms with van der Waals surface area (Å²) in [4.78, 5) is 25.9. The van der Waals surface area contributed by atoms with Crippen molar-refractivity contribution in [1.29, 1.82) is 0 Å². The van der Waals surface area contributed by atoms with Gasteiger partial charge in [-0.3, -0.25) is 9.59 Å². The van der Waals surface area contributed by atoms with Crippen LogP contribution in [-0.2, 0) is 11.3 Å². The Kier molecular flexibility index (Phi) is 6.89. The van der Waals surface area contributed by atoms with E-state index in [4.69, 9.17) is 0 Å². The second-order valence-electron chi connectivity index (χ2n) is 6.97. The van der Waals surface area contributed by atoms with E-state index in [1.54, 1.807) is 24.3 Å². The highest BCUT2D eigenvalue weighted by Crippen LogP contribution is 2.25. The molecule has 0 aliphatic carbocycles. The van der Waals surface area contributed by atoms with E-state index >= 15 is 0 Å². The number of benzene rings is 2. The number of ketones is 1. The van der Waals surface area contributed by atoms with E-state index in [1.165, 1.54) is 18.7 Å². The van der Waals surface area contributed by atoms with Gasteiger partial charge >= 0.3 is 0 Å². The van der Waals surface area contributed by atoms with Gasteiger partial charge in [0.15, 0.2) is 16.8 Å². The number of hydrogen-bond acceptors (Lipinski definition) is 6. The fraction of sp³-hybridized carbons (Fsp3) is 0.273. The molecule has 1 amide bonds. The number of anilines is 2. The third-order valence-corrected chi connectivity index (χ3v) is 5.53. The molecule has 0 radical (unpaired) electrons. The highest BCUT2D eigenvalue weighted by Gasteiger charge is 2.15. The number of aromatic nitrogens is 3. The average molecular weight is 424 g/mol. The van der Waals surface area contributed by atoms with Crippen LogP contribution >= 0.6 is 11.8 Å². The fourth-order valence-electron chi connectivity index (χ4n) is 2.95. The fourth-order valence-corrected chi connectivity index (χ4v) is 3.75. The SMILES string of the molecule is CCn1c(SCC(=O)Nc2cccc(C(C)=O)c2)nnc1-c1ccc(N(C)C)cc1. The minimum Gasteiger partial charge on any atom is -0.378 e. The molecule has 0 saturated heterocycles. The lowest BCUT2D eigenvalue weighted by molar-refractivity contribution is -0.113.